The SMILES string of the molecule is O=C1C(SCc2ccco2)=C(c2ccc([N+](=O)[O-])cc2)C(=O)N1c1cccc(Cl)c1. The van der Waals surface area contributed by atoms with Gasteiger partial charge in [0, 0.05) is 17.2 Å². The van der Waals surface area contributed by atoms with Crippen LogP contribution in [0.1, 0.15) is 11.3 Å². The first kappa shape index (κ1) is 19.9. The molecule has 0 bridgehead atoms. The van der Waals surface area contributed by atoms with Gasteiger partial charge in [-0.25, -0.2) is 4.90 Å². The zero-order valence-corrected chi connectivity index (χ0v) is 16.9. The number of hydrogen-bond donors (Lipinski definition) is 0. The van der Waals surface area contributed by atoms with Crippen LogP contribution in [0.3, 0.4) is 0 Å². The third kappa shape index (κ3) is 3.74. The number of carbonyl (C=O) groups excluding carboxylic acids is 2. The molecule has 0 saturated heterocycles. The molecule has 1 aliphatic rings. The highest BCUT2D eigenvalue weighted by Gasteiger charge is 2.40. The van der Waals surface area contributed by atoms with Crippen LogP contribution in [0, 0.1) is 10.1 Å². The second-order valence-electron chi connectivity index (χ2n) is 6.30. The molecule has 30 heavy (non-hydrogen) atoms. The number of halogens is 1. The molecular formula is C21H13ClN2O5S. The van der Waals surface area contributed by atoms with Crippen LogP contribution in [0.15, 0.2) is 76.2 Å². The Bertz CT molecular complexity index is 1170. The van der Waals surface area contributed by atoms with Crippen molar-refractivity contribution in [3.05, 3.63) is 98.3 Å². The molecule has 1 aromatic heterocycles. The maximum absolute atomic E-state index is 13.3. The van der Waals surface area contributed by atoms with E-state index < -0.39 is 16.7 Å². The number of rotatable bonds is 6. The van der Waals surface area contributed by atoms with E-state index in [9.17, 15) is 19.7 Å². The fourth-order valence-electron chi connectivity index (χ4n) is 3.04. The molecule has 0 aliphatic carbocycles. The lowest BCUT2D eigenvalue weighted by Gasteiger charge is -2.15. The number of benzene rings is 2. The minimum Gasteiger partial charge on any atom is -0.468 e. The smallest absolute Gasteiger partial charge is 0.272 e. The fourth-order valence-corrected chi connectivity index (χ4v) is 4.24. The molecule has 0 spiro atoms. The monoisotopic (exact) mass is 440 g/mol. The Balaban J connectivity index is 1.76. The molecule has 0 saturated carbocycles. The molecule has 7 nitrogen and oxygen atoms in total. The maximum Gasteiger partial charge on any atom is 0.272 e. The molecule has 2 amide bonds. The van der Waals surface area contributed by atoms with Crippen LogP contribution in [0.4, 0.5) is 11.4 Å². The van der Waals surface area contributed by atoms with Gasteiger partial charge in [-0.05, 0) is 48.0 Å². The number of nitro groups is 1. The van der Waals surface area contributed by atoms with Crippen LogP contribution in [0.2, 0.25) is 5.02 Å². The third-order valence-corrected chi connectivity index (χ3v) is 5.74. The number of nitro benzene ring substituents is 1. The van der Waals surface area contributed by atoms with Crippen molar-refractivity contribution in [1.29, 1.82) is 0 Å². The topological polar surface area (TPSA) is 93.7 Å². The van der Waals surface area contributed by atoms with E-state index in [1.807, 2.05) is 0 Å². The molecular weight excluding hydrogens is 428 g/mol. The average molecular weight is 441 g/mol. The largest absolute Gasteiger partial charge is 0.468 e. The number of non-ortho nitro benzene ring substituents is 1. The summed E-state index contributed by atoms with van der Waals surface area (Å²) in [4.78, 5) is 38.2. The first-order valence-corrected chi connectivity index (χ1v) is 10.1. The second kappa shape index (κ2) is 8.17. The van der Waals surface area contributed by atoms with Crippen molar-refractivity contribution >= 4 is 52.1 Å². The van der Waals surface area contributed by atoms with Gasteiger partial charge in [0.15, 0.2) is 0 Å². The normalized spacial score (nSPS) is 14.0. The summed E-state index contributed by atoms with van der Waals surface area (Å²) < 4.78 is 5.32. The molecule has 150 valence electrons. The van der Waals surface area contributed by atoms with Crippen LogP contribution >= 0.6 is 23.4 Å². The Morgan fingerprint density at radius 1 is 1.03 bits per heavy atom. The van der Waals surface area contributed by atoms with Gasteiger partial charge in [0.1, 0.15) is 5.76 Å². The van der Waals surface area contributed by atoms with Crippen molar-refractivity contribution in [2.24, 2.45) is 0 Å². The molecule has 9 heteroatoms. The minimum absolute atomic E-state index is 0.104. The summed E-state index contributed by atoms with van der Waals surface area (Å²) in [6, 6.07) is 15.5. The highest BCUT2D eigenvalue weighted by molar-refractivity contribution is 8.03. The lowest BCUT2D eigenvalue weighted by atomic mass is 10.1. The lowest BCUT2D eigenvalue weighted by molar-refractivity contribution is -0.384. The molecule has 0 fully saturated rings. The van der Waals surface area contributed by atoms with Crippen molar-refractivity contribution in [3.63, 3.8) is 0 Å². The lowest BCUT2D eigenvalue weighted by Crippen LogP contribution is -2.31. The molecule has 2 heterocycles. The van der Waals surface area contributed by atoms with E-state index in [2.05, 4.69) is 0 Å². The van der Waals surface area contributed by atoms with Gasteiger partial charge in [-0.1, -0.05) is 17.7 Å². The summed E-state index contributed by atoms with van der Waals surface area (Å²) >= 11 is 7.22. The van der Waals surface area contributed by atoms with Gasteiger partial charge >= 0.3 is 0 Å². The highest BCUT2D eigenvalue weighted by atomic mass is 35.5. The van der Waals surface area contributed by atoms with Crippen LogP contribution in [0.25, 0.3) is 5.57 Å². The van der Waals surface area contributed by atoms with Crippen molar-refractivity contribution in [2.45, 2.75) is 5.75 Å². The average Bonchev–Trinajstić information content (AvgIpc) is 3.32. The number of carbonyl (C=O) groups is 2. The Labute approximate surface area is 180 Å². The summed E-state index contributed by atoms with van der Waals surface area (Å²) in [5, 5.41) is 11.3. The molecule has 2 aromatic carbocycles. The number of amides is 2. The second-order valence-corrected chi connectivity index (χ2v) is 7.72. The van der Waals surface area contributed by atoms with Crippen LogP contribution in [0.5, 0.6) is 0 Å². The summed E-state index contributed by atoms with van der Waals surface area (Å²) in [5.41, 5.74) is 0.856. The Morgan fingerprint density at radius 3 is 2.43 bits per heavy atom. The summed E-state index contributed by atoms with van der Waals surface area (Å²) in [5.74, 6) is 0.00329. The van der Waals surface area contributed by atoms with E-state index in [4.69, 9.17) is 16.0 Å². The number of imide groups is 1. The van der Waals surface area contributed by atoms with Crippen molar-refractivity contribution in [3.8, 4) is 0 Å². The number of anilines is 1. The number of hydrogen-bond acceptors (Lipinski definition) is 6. The van der Waals surface area contributed by atoms with E-state index in [1.165, 1.54) is 48.4 Å². The standard InChI is InChI=1S/C21H13ClN2O5S/c22-14-3-1-4-16(11-14)23-20(25)18(13-6-8-15(9-7-13)24(27)28)19(21(23)26)30-12-17-5-2-10-29-17/h1-11H,12H2. The van der Waals surface area contributed by atoms with Crippen molar-refractivity contribution in [2.75, 3.05) is 4.90 Å². The highest BCUT2D eigenvalue weighted by Crippen LogP contribution is 2.40. The van der Waals surface area contributed by atoms with Crippen molar-refractivity contribution < 1.29 is 18.9 Å². The fraction of sp³-hybridized carbons (Fsp3) is 0.0476. The Morgan fingerprint density at radius 2 is 1.80 bits per heavy atom. The van der Waals surface area contributed by atoms with E-state index >= 15 is 0 Å². The van der Waals surface area contributed by atoms with Gasteiger partial charge in [0.2, 0.25) is 0 Å². The van der Waals surface area contributed by atoms with Gasteiger partial charge in [-0.2, -0.15) is 0 Å². The quantitative estimate of drug-likeness (QED) is 0.302. The van der Waals surface area contributed by atoms with Crippen LogP contribution in [-0.4, -0.2) is 16.7 Å². The summed E-state index contributed by atoms with van der Waals surface area (Å²) in [7, 11) is 0. The molecule has 0 atom stereocenters. The number of furan rings is 1. The Kier molecular flexibility index (Phi) is 5.43. The van der Waals surface area contributed by atoms with Gasteiger partial charge in [0.25, 0.3) is 17.5 Å². The van der Waals surface area contributed by atoms with Crippen molar-refractivity contribution in [1.82, 2.24) is 0 Å². The molecule has 1 aliphatic heterocycles. The molecule has 0 unspecified atom stereocenters. The van der Waals surface area contributed by atoms with E-state index in [1.54, 1.807) is 30.3 Å². The summed E-state index contributed by atoms with van der Waals surface area (Å²) in [6.07, 6.45) is 1.53. The van der Waals surface area contributed by atoms with E-state index in [0.29, 0.717) is 27.8 Å². The predicted octanol–water partition coefficient (Wildman–Crippen LogP) is 5.06. The summed E-state index contributed by atoms with van der Waals surface area (Å²) in [6.45, 7) is 0. The van der Waals surface area contributed by atoms with E-state index in [0.717, 1.165) is 4.90 Å². The molecule has 3 aromatic rings. The maximum atomic E-state index is 13.3. The molecule has 0 N–H and O–H groups in total. The van der Waals surface area contributed by atoms with Gasteiger partial charge in [0.05, 0.1) is 33.1 Å². The van der Waals surface area contributed by atoms with Crippen LogP contribution in [-0.2, 0) is 15.3 Å². The number of thioether (sulfide) groups is 1. The minimum atomic E-state index is -0.523. The van der Waals surface area contributed by atoms with Crippen LogP contribution < -0.4 is 4.90 Å². The predicted molar refractivity (Wildman–Crippen MR) is 114 cm³/mol. The van der Waals surface area contributed by atoms with Gasteiger partial charge in [-0.3, -0.25) is 19.7 Å². The number of nitrogens with zero attached hydrogens (tertiary/aromatic N) is 2. The van der Waals surface area contributed by atoms with Gasteiger partial charge < -0.3 is 4.42 Å². The Hall–Kier alpha value is -3.36. The van der Waals surface area contributed by atoms with E-state index in [-0.39, 0.29) is 16.2 Å². The molecule has 4 rings (SSSR count). The zero-order chi connectivity index (χ0) is 21.3. The first-order valence-electron chi connectivity index (χ1n) is 8.74. The first-order chi connectivity index (χ1) is 14.5. The third-order valence-electron chi connectivity index (χ3n) is 4.41. The zero-order valence-electron chi connectivity index (χ0n) is 15.3. The molecule has 0 radical (unpaired) electrons. The van der Waals surface area contributed by atoms with Gasteiger partial charge in [-0.15, -0.1) is 11.8 Å².